The zero-order valence-corrected chi connectivity index (χ0v) is 15.7. The Morgan fingerprint density at radius 3 is 2.50 bits per heavy atom. The number of hydrogen-bond donors (Lipinski definition) is 2. The van der Waals surface area contributed by atoms with Gasteiger partial charge in [-0.2, -0.15) is 0 Å². The predicted octanol–water partition coefficient (Wildman–Crippen LogP) is 5.32. The Balaban J connectivity index is 0.00000243. The highest BCUT2D eigenvalue weighted by Gasteiger charge is 2.09. The lowest BCUT2D eigenvalue weighted by atomic mass is 10.1. The van der Waals surface area contributed by atoms with Gasteiger partial charge in [-0.15, -0.1) is 12.4 Å². The molecule has 0 bridgehead atoms. The summed E-state index contributed by atoms with van der Waals surface area (Å²) in [5.74, 6) is 0.707. The van der Waals surface area contributed by atoms with E-state index in [-0.39, 0.29) is 18.0 Å². The zero-order chi connectivity index (χ0) is 17.8. The van der Waals surface area contributed by atoms with Crippen molar-refractivity contribution in [3.05, 3.63) is 82.1 Å². The minimum Gasteiger partial charge on any atom is -0.478 e. The van der Waals surface area contributed by atoms with Gasteiger partial charge in [0, 0.05) is 17.1 Å². The van der Waals surface area contributed by atoms with Gasteiger partial charge in [-0.25, -0.2) is 4.79 Å². The summed E-state index contributed by atoms with van der Waals surface area (Å²) >= 11 is 6.16. The van der Waals surface area contributed by atoms with Crippen LogP contribution in [0.25, 0.3) is 11.3 Å². The van der Waals surface area contributed by atoms with Crippen LogP contribution >= 0.6 is 24.0 Å². The molecular weight excluding hydrogens is 373 g/mol. The summed E-state index contributed by atoms with van der Waals surface area (Å²) in [6.07, 6.45) is 0. The molecule has 1 aromatic heterocycles. The van der Waals surface area contributed by atoms with Gasteiger partial charge in [0.05, 0.1) is 12.1 Å². The number of nitrogens with one attached hydrogen (secondary N) is 1. The standard InChI is InChI=1S/C20H18ClNO3.ClH/c1-13-17(3-2-4-18(13)21)19-10-9-16(25-19)12-22-11-14-5-7-15(8-6-14)20(23)24;/h2-10,22H,11-12H2,1H3,(H,23,24);1H. The van der Waals surface area contributed by atoms with Crippen LogP contribution in [0.5, 0.6) is 0 Å². The van der Waals surface area contributed by atoms with Crippen LogP contribution in [0.3, 0.4) is 0 Å². The van der Waals surface area contributed by atoms with Crippen molar-refractivity contribution in [2.45, 2.75) is 20.0 Å². The Morgan fingerprint density at radius 2 is 1.81 bits per heavy atom. The number of furan rings is 1. The Labute approximate surface area is 163 Å². The highest BCUT2D eigenvalue weighted by molar-refractivity contribution is 6.31. The molecule has 6 heteroatoms. The Kier molecular flexibility index (Phi) is 6.86. The number of halogens is 2. The van der Waals surface area contributed by atoms with Crippen LogP contribution in [0.4, 0.5) is 0 Å². The Hall–Kier alpha value is -2.27. The maximum Gasteiger partial charge on any atom is 0.335 e. The highest BCUT2D eigenvalue weighted by atomic mass is 35.5. The first kappa shape index (κ1) is 20.0. The first-order valence-corrected chi connectivity index (χ1v) is 8.29. The average Bonchev–Trinajstić information content (AvgIpc) is 3.06. The van der Waals surface area contributed by atoms with Crippen LogP contribution in [0.1, 0.15) is 27.2 Å². The number of aromatic carboxylic acids is 1. The van der Waals surface area contributed by atoms with Crippen LogP contribution in [0, 0.1) is 6.92 Å². The molecule has 2 N–H and O–H groups in total. The minimum atomic E-state index is -0.918. The number of carbonyl (C=O) groups is 1. The molecule has 2 aromatic carbocycles. The van der Waals surface area contributed by atoms with Gasteiger partial charge in [-0.05, 0) is 48.4 Å². The van der Waals surface area contributed by atoms with Crippen molar-refractivity contribution in [2.75, 3.05) is 0 Å². The number of carboxylic acid groups (broad SMARTS) is 1. The van der Waals surface area contributed by atoms with Crippen molar-refractivity contribution in [3.63, 3.8) is 0 Å². The summed E-state index contributed by atoms with van der Waals surface area (Å²) in [6, 6.07) is 16.5. The number of rotatable bonds is 6. The molecule has 0 aliphatic heterocycles. The van der Waals surface area contributed by atoms with E-state index < -0.39 is 5.97 Å². The Morgan fingerprint density at radius 1 is 1.08 bits per heavy atom. The van der Waals surface area contributed by atoms with Crippen molar-refractivity contribution < 1.29 is 14.3 Å². The molecule has 0 fully saturated rings. The van der Waals surface area contributed by atoms with Crippen molar-refractivity contribution >= 4 is 30.0 Å². The summed E-state index contributed by atoms with van der Waals surface area (Å²) in [5, 5.41) is 12.9. The van der Waals surface area contributed by atoms with Crippen LogP contribution in [0.2, 0.25) is 5.02 Å². The lowest BCUT2D eigenvalue weighted by Crippen LogP contribution is -2.12. The van der Waals surface area contributed by atoms with E-state index in [1.165, 1.54) is 0 Å². The van der Waals surface area contributed by atoms with Crippen LogP contribution < -0.4 is 5.32 Å². The summed E-state index contributed by atoms with van der Waals surface area (Å²) < 4.78 is 5.90. The third-order valence-corrected chi connectivity index (χ3v) is 4.43. The van der Waals surface area contributed by atoms with Gasteiger partial charge in [0.25, 0.3) is 0 Å². The van der Waals surface area contributed by atoms with Gasteiger partial charge in [-0.1, -0.05) is 35.9 Å². The van der Waals surface area contributed by atoms with Gasteiger partial charge in [0.15, 0.2) is 0 Å². The van der Waals surface area contributed by atoms with Gasteiger partial charge >= 0.3 is 5.97 Å². The molecule has 3 aromatic rings. The van der Waals surface area contributed by atoms with E-state index in [4.69, 9.17) is 21.1 Å². The first-order chi connectivity index (χ1) is 12.0. The molecule has 0 radical (unpaired) electrons. The first-order valence-electron chi connectivity index (χ1n) is 7.92. The third kappa shape index (κ3) is 4.67. The van der Waals surface area contributed by atoms with Gasteiger partial charge in [0.2, 0.25) is 0 Å². The fourth-order valence-electron chi connectivity index (χ4n) is 2.59. The second-order valence-corrected chi connectivity index (χ2v) is 6.19. The van der Waals surface area contributed by atoms with E-state index in [0.717, 1.165) is 33.2 Å². The lowest BCUT2D eigenvalue weighted by molar-refractivity contribution is 0.0697. The van der Waals surface area contributed by atoms with Gasteiger partial charge in [-0.3, -0.25) is 0 Å². The summed E-state index contributed by atoms with van der Waals surface area (Å²) in [6.45, 7) is 3.19. The largest absolute Gasteiger partial charge is 0.478 e. The fraction of sp³-hybridized carbons (Fsp3) is 0.150. The molecule has 0 amide bonds. The molecule has 4 nitrogen and oxygen atoms in total. The maximum absolute atomic E-state index is 10.8. The summed E-state index contributed by atoms with van der Waals surface area (Å²) in [5.41, 5.74) is 3.29. The molecule has 0 atom stereocenters. The molecule has 1 heterocycles. The highest BCUT2D eigenvalue weighted by Crippen LogP contribution is 2.29. The van der Waals surface area contributed by atoms with Crippen molar-refractivity contribution in [1.29, 1.82) is 0 Å². The quantitative estimate of drug-likeness (QED) is 0.596. The summed E-state index contributed by atoms with van der Waals surface area (Å²) in [4.78, 5) is 10.8. The van der Waals surface area contributed by atoms with Gasteiger partial charge in [0.1, 0.15) is 11.5 Å². The Bertz CT molecular complexity index is 888. The molecule has 26 heavy (non-hydrogen) atoms. The van der Waals surface area contributed by atoms with E-state index >= 15 is 0 Å². The van der Waals surface area contributed by atoms with E-state index in [9.17, 15) is 4.79 Å². The molecular formula is C20H19Cl2NO3. The lowest BCUT2D eigenvalue weighted by Gasteiger charge is -2.05. The van der Waals surface area contributed by atoms with E-state index in [1.807, 2.05) is 37.3 Å². The van der Waals surface area contributed by atoms with Gasteiger partial charge < -0.3 is 14.8 Å². The smallest absolute Gasteiger partial charge is 0.335 e. The zero-order valence-electron chi connectivity index (χ0n) is 14.2. The van der Waals surface area contributed by atoms with Crippen LogP contribution in [-0.2, 0) is 13.1 Å². The SMILES string of the molecule is Cc1c(Cl)cccc1-c1ccc(CNCc2ccc(C(=O)O)cc2)o1.Cl. The average molecular weight is 392 g/mol. The second kappa shape index (κ2) is 8.90. The molecule has 0 aliphatic rings. The monoisotopic (exact) mass is 391 g/mol. The minimum absolute atomic E-state index is 0. The maximum atomic E-state index is 10.8. The van der Waals surface area contributed by atoms with Crippen LogP contribution in [0.15, 0.2) is 59.0 Å². The van der Waals surface area contributed by atoms with Crippen molar-refractivity contribution in [3.8, 4) is 11.3 Å². The van der Waals surface area contributed by atoms with E-state index in [0.29, 0.717) is 13.1 Å². The third-order valence-electron chi connectivity index (χ3n) is 4.02. The number of benzene rings is 2. The number of hydrogen-bond acceptors (Lipinski definition) is 3. The van der Waals surface area contributed by atoms with Crippen molar-refractivity contribution in [2.24, 2.45) is 0 Å². The second-order valence-electron chi connectivity index (χ2n) is 5.78. The van der Waals surface area contributed by atoms with E-state index in [2.05, 4.69) is 5.32 Å². The summed E-state index contributed by atoms with van der Waals surface area (Å²) in [7, 11) is 0. The number of carboxylic acids is 1. The molecule has 0 aliphatic carbocycles. The predicted molar refractivity (Wildman–Crippen MR) is 105 cm³/mol. The topological polar surface area (TPSA) is 62.5 Å². The van der Waals surface area contributed by atoms with Crippen molar-refractivity contribution in [1.82, 2.24) is 5.32 Å². The molecule has 0 saturated carbocycles. The van der Waals surface area contributed by atoms with Crippen LogP contribution in [-0.4, -0.2) is 11.1 Å². The molecule has 0 saturated heterocycles. The van der Waals surface area contributed by atoms with E-state index in [1.54, 1.807) is 24.3 Å². The molecule has 0 unspecified atom stereocenters. The fourth-order valence-corrected chi connectivity index (χ4v) is 2.76. The molecule has 3 rings (SSSR count). The molecule has 0 spiro atoms. The normalized spacial score (nSPS) is 10.4. The molecule has 136 valence electrons.